The van der Waals surface area contributed by atoms with Gasteiger partial charge in [-0.2, -0.15) is 5.10 Å². The molecule has 1 heterocycles. The zero-order valence-corrected chi connectivity index (χ0v) is 10.3. The summed E-state index contributed by atoms with van der Waals surface area (Å²) in [5.74, 6) is -0.304. The summed E-state index contributed by atoms with van der Waals surface area (Å²) in [6.45, 7) is 0. The van der Waals surface area contributed by atoms with Gasteiger partial charge in [-0.15, -0.1) is 0 Å². The van der Waals surface area contributed by atoms with Crippen molar-refractivity contribution in [2.45, 2.75) is 0 Å². The maximum atomic E-state index is 13.5. The van der Waals surface area contributed by atoms with Gasteiger partial charge in [0, 0.05) is 15.4 Å². The first-order valence-electron chi connectivity index (χ1n) is 5.14. The topological polar surface area (TPSA) is 28.7 Å². The molecule has 2 nitrogen and oxygen atoms in total. The lowest BCUT2D eigenvalue weighted by atomic mass is 10.1. The van der Waals surface area contributed by atoms with E-state index in [0.717, 1.165) is 21.1 Å². The summed E-state index contributed by atoms with van der Waals surface area (Å²) >= 11 is 3.38. The zero-order chi connectivity index (χ0) is 11.8. The van der Waals surface area contributed by atoms with Gasteiger partial charge in [-0.1, -0.05) is 40.2 Å². The first-order chi connectivity index (χ1) is 8.25. The maximum Gasteiger partial charge on any atom is 0.151 e. The van der Waals surface area contributed by atoms with Gasteiger partial charge >= 0.3 is 0 Å². The molecule has 1 aromatic heterocycles. The molecule has 4 heteroatoms. The van der Waals surface area contributed by atoms with Crippen molar-refractivity contribution in [3.63, 3.8) is 0 Å². The highest BCUT2D eigenvalue weighted by molar-refractivity contribution is 9.10. The monoisotopic (exact) mass is 290 g/mol. The van der Waals surface area contributed by atoms with Crippen molar-refractivity contribution in [3.05, 3.63) is 52.8 Å². The van der Waals surface area contributed by atoms with E-state index in [4.69, 9.17) is 0 Å². The maximum absolute atomic E-state index is 13.5. The number of hydrogen-bond acceptors (Lipinski definition) is 1. The number of nitrogens with zero attached hydrogens (tertiary/aromatic N) is 1. The van der Waals surface area contributed by atoms with Gasteiger partial charge in [0.05, 0.1) is 5.69 Å². The number of aromatic nitrogens is 2. The number of hydrogen-bond donors (Lipinski definition) is 1. The van der Waals surface area contributed by atoms with Gasteiger partial charge in [-0.25, -0.2) is 4.39 Å². The lowest BCUT2D eigenvalue weighted by Gasteiger charge is -1.99. The Morgan fingerprint density at radius 3 is 2.59 bits per heavy atom. The van der Waals surface area contributed by atoms with E-state index in [1.165, 1.54) is 6.07 Å². The molecule has 0 aliphatic heterocycles. The molecule has 0 atom stereocenters. The van der Waals surface area contributed by atoms with Gasteiger partial charge in [0.2, 0.25) is 0 Å². The summed E-state index contributed by atoms with van der Waals surface area (Å²) in [6.07, 6.45) is 0. The molecular weight excluding hydrogens is 283 g/mol. The van der Waals surface area contributed by atoms with Crippen LogP contribution in [0.5, 0.6) is 0 Å². The van der Waals surface area contributed by atoms with Crippen LogP contribution in [0.15, 0.2) is 46.9 Å². The van der Waals surface area contributed by atoms with E-state index in [1.54, 1.807) is 6.07 Å². The van der Waals surface area contributed by atoms with Crippen molar-refractivity contribution in [2.24, 2.45) is 0 Å². The molecule has 2 aromatic carbocycles. The van der Waals surface area contributed by atoms with Gasteiger partial charge < -0.3 is 0 Å². The largest absolute Gasteiger partial charge is 0.277 e. The number of rotatable bonds is 1. The van der Waals surface area contributed by atoms with Gasteiger partial charge in [-0.05, 0) is 18.2 Å². The van der Waals surface area contributed by atoms with Crippen LogP contribution in [-0.2, 0) is 0 Å². The zero-order valence-electron chi connectivity index (χ0n) is 8.74. The first kappa shape index (κ1) is 10.5. The van der Waals surface area contributed by atoms with Gasteiger partial charge in [-0.3, -0.25) is 5.10 Å². The summed E-state index contributed by atoms with van der Waals surface area (Å²) in [6, 6.07) is 12.8. The Hall–Kier alpha value is -1.68. The van der Waals surface area contributed by atoms with Gasteiger partial charge in [0.1, 0.15) is 5.52 Å². The van der Waals surface area contributed by atoms with E-state index in [9.17, 15) is 4.39 Å². The molecule has 0 saturated heterocycles. The SMILES string of the molecule is Fc1cccc2c(-c3ccc(Br)cc3)[nH]nc12. The third kappa shape index (κ3) is 1.74. The predicted molar refractivity (Wildman–Crippen MR) is 69.2 cm³/mol. The lowest BCUT2D eigenvalue weighted by molar-refractivity contribution is 0.636. The molecule has 3 aromatic rings. The highest BCUT2D eigenvalue weighted by Crippen LogP contribution is 2.28. The van der Waals surface area contributed by atoms with Crippen LogP contribution < -0.4 is 0 Å². The third-order valence-corrected chi connectivity index (χ3v) is 3.20. The highest BCUT2D eigenvalue weighted by Gasteiger charge is 2.10. The van der Waals surface area contributed by atoms with Crippen molar-refractivity contribution < 1.29 is 4.39 Å². The Bertz CT molecular complexity index is 673. The first-order valence-corrected chi connectivity index (χ1v) is 5.93. The average molecular weight is 291 g/mol. The van der Waals surface area contributed by atoms with E-state index in [0.29, 0.717) is 5.52 Å². The Kier molecular flexibility index (Phi) is 2.44. The van der Waals surface area contributed by atoms with Crippen LogP contribution in [0.2, 0.25) is 0 Å². The van der Waals surface area contributed by atoms with E-state index >= 15 is 0 Å². The number of fused-ring (bicyclic) bond motifs is 1. The number of H-pyrrole nitrogens is 1. The highest BCUT2D eigenvalue weighted by atomic mass is 79.9. The van der Waals surface area contributed by atoms with E-state index in [2.05, 4.69) is 26.1 Å². The number of aromatic amines is 1. The van der Waals surface area contributed by atoms with Gasteiger partial charge in [0.25, 0.3) is 0 Å². The van der Waals surface area contributed by atoms with Crippen LogP contribution in [0.25, 0.3) is 22.2 Å². The normalized spacial score (nSPS) is 10.9. The summed E-state index contributed by atoms with van der Waals surface area (Å²) in [4.78, 5) is 0. The van der Waals surface area contributed by atoms with Crippen LogP contribution in [0.4, 0.5) is 4.39 Å². The molecule has 3 rings (SSSR count). The third-order valence-electron chi connectivity index (χ3n) is 2.67. The molecule has 17 heavy (non-hydrogen) atoms. The van der Waals surface area contributed by atoms with Crippen molar-refractivity contribution in [2.75, 3.05) is 0 Å². The molecule has 0 aliphatic carbocycles. The van der Waals surface area contributed by atoms with Crippen LogP contribution in [0.3, 0.4) is 0 Å². The van der Waals surface area contributed by atoms with Crippen molar-refractivity contribution in [1.29, 1.82) is 0 Å². The number of benzene rings is 2. The fourth-order valence-corrected chi connectivity index (χ4v) is 2.10. The van der Waals surface area contributed by atoms with Crippen LogP contribution >= 0.6 is 15.9 Å². The van der Waals surface area contributed by atoms with Gasteiger partial charge in [0.15, 0.2) is 5.82 Å². The van der Waals surface area contributed by atoms with Crippen molar-refractivity contribution in [1.82, 2.24) is 10.2 Å². The Balaban J connectivity index is 2.24. The summed E-state index contributed by atoms with van der Waals surface area (Å²) in [5, 5.41) is 7.69. The average Bonchev–Trinajstić information content (AvgIpc) is 2.75. The fourth-order valence-electron chi connectivity index (χ4n) is 1.84. The van der Waals surface area contributed by atoms with E-state index < -0.39 is 0 Å². The Labute approximate surface area is 106 Å². The second-order valence-electron chi connectivity index (χ2n) is 3.74. The van der Waals surface area contributed by atoms with Crippen LogP contribution in [0, 0.1) is 5.82 Å². The molecule has 0 spiro atoms. The molecule has 0 unspecified atom stereocenters. The van der Waals surface area contributed by atoms with E-state index in [1.807, 2.05) is 30.3 Å². The van der Waals surface area contributed by atoms with Crippen molar-refractivity contribution in [3.8, 4) is 11.3 Å². The lowest BCUT2D eigenvalue weighted by Crippen LogP contribution is -1.78. The molecule has 0 aliphatic rings. The minimum atomic E-state index is -0.304. The quantitative estimate of drug-likeness (QED) is 0.717. The second-order valence-corrected chi connectivity index (χ2v) is 4.66. The standard InChI is InChI=1S/C13H8BrFN2/c14-9-6-4-8(5-7-9)12-10-2-1-3-11(15)13(10)17-16-12/h1-7H,(H,16,17). The number of halogens is 2. The molecule has 1 N–H and O–H groups in total. The summed E-state index contributed by atoms with van der Waals surface area (Å²) in [5.41, 5.74) is 2.21. The predicted octanol–water partition coefficient (Wildman–Crippen LogP) is 4.13. The molecule has 0 radical (unpaired) electrons. The molecule has 0 saturated carbocycles. The molecule has 0 amide bonds. The number of para-hydroxylation sites is 1. The second kappa shape index (κ2) is 3.96. The van der Waals surface area contributed by atoms with Crippen LogP contribution in [-0.4, -0.2) is 10.2 Å². The Morgan fingerprint density at radius 1 is 1.06 bits per heavy atom. The Morgan fingerprint density at radius 2 is 1.82 bits per heavy atom. The minimum absolute atomic E-state index is 0.304. The molecular formula is C13H8BrFN2. The smallest absolute Gasteiger partial charge is 0.151 e. The van der Waals surface area contributed by atoms with E-state index in [-0.39, 0.29) is 5.82 Å². The van der Waals surface area contributed by atoms with Crippen LogP contribution in [0.1, 0.15) is 0 Å². The summed E-state index contributed by atoms with van der Waals surface area (Å²) < 4.78 is 14.5. The summed E-state index contributed by atoms with van der Waals surface area (Å²) in [7, 11) is 0. The number of nitrogens with one attached hydrogen (secondary N) is 1. The fraction of sp³-hybridized carbons (Fsp3) is 0. The molecule has 0 fully saturated rings. The minimum Gasteiger partial charge on any atom is -0.277 e. The molecule has 84 valence electrons. The molecule has 0 bridgehead atoms. The van der Waals surface area contributed by atoms with Crippen molar-refractivity contribution >= 4 is 26.8 Å².